The average molecular weight is 442 g/mol. The first-order valence-electron chi connectivity index (χ1n) is 9.86. The van der Waals surface area contributed by atoms with Gasteiger partial charge in [0.05, 0.1) is 6.42 Å². The fourth-order valence-electron chi connectivity index (χ4n) is 3.66. The molecule has 1 unspecified atom stereocenters. The van der Waals surface area contributed by atoms with Crippen molar-refractivity contribution in [3.05, 3.63) is 51.5 Å². The zero-order valence-electron chi connectivity index (χ0n) is 17.0. The largest absolute Gasteiger partial charge is 0.424 e. The van der Waals surface area contributed by atoms with Crippen molar-refractivity contribution >= 4 is 17.2 Å². The molecular weight excluding hydrogens is 415 g/mol. The molecule has 2 N–H and O–H groups in total. The molecule has 164 valence electrons. The third-order valence-corrected chi connectivity index (χ3v) is 6.41. The summed E-state index contributed by atoms with van der Waals surface area (Å²) in [5.41, 5.74) is -0.491. The van der Waals surface area contributed by atoms with Crippen LogP contribution in [0.5, 0.6) is 0 Å². The van der Waals surface area contributed by atoms with Gasteiger partial charge in [0.2, 0.25) is 11.5 Å². The molecule has 9 heteroatoms. The Hall–Kier alpha value is -1.97. The maximum atomic E-state index is 13.6. The number of carbonyl (C=O) groups excluding carboxylic acids is 1. The molecule has 1 aromatic carbocycles. The summed E-state index contributed by atoms with van der Waals surface area (Å²) in [6, 6.07) is 8.05. The number of halogens is 3. The zero-order chi connectivity index (χ0) is 21.9. The Morgan fingerprint density at radius 2 is 2.00 bits per heavy atom. The van der Waals surface area contributed by atoms with Crippen molar-refractivity contribution in [2.24, 2.45) is 0 Å². The molecule has 1 amide bonds. The van der Waals surface area contributed by atoms with Crippen LogP contribution >= 0.6 is 11.3 Å². The molecule has 1 aromatic heterocycles. The van der Waals surface area contributed by atoms with E-state index in [0.29, 0.717) is 29.9 Å². The standard InChI is InChI=1S/C21H26F3N3O2S/c1-14-4-3-5-16(10-14)12-27-8-6-17(7-9-27)26-18(28)11-20(29,21(22,23)24)19-25-15(2)13-30-19/h3-5,10,13,17,29H,6-9,11-12H2,1-2H3,(H,26,28). The van der Waals surface area contributed by atoms with Gasteiger partial charge in [-0.1, -0.05) is 29.8 Å². The predicted molar refractivity (Wildman–Crippen MR) is 109 cm³/mol. The van der Waals surface area contributed by atoms with Gasteiger partial charge in [-0.25, -0.2) is 4.98 Å². The molecule has 1 atom stereocenters. The van der Waals surface area contributed by atoms with Crippen LogP contribution in [0.1, 0.15) is 41.1 Å². The predicted octanol–water partition coefficient (Wildman–Crippen LogP) is 3.68. The zero-order valence-corrected chi connectivity index (χ0v) is 17.8. The van der Waals surface area contributed by atoms with E-state index in [9.17, 15) is 23.1 Å². The Labute approximate surface area is 177 Å². The number of carbonyl (C=O) groups is 1. The summed E-state index contributed by atoms with van der Waals surface area (Å²) >= 11 is 0.706. The third-order valence-electron chi connectivity index (χ3n) is 5.30. The molecule has 0 radical (unpaired) electrons. The molecule has 0 bridgehead atoms. The van der Waals surface area contributed by atoms with Gasteiger partial charge in [0.15, 0.2) is 0 Å². The summed E-state index contributed by atoms with van der Waals surface area (Å²) in [5, 5.41) is 13.9. The summed E-state index contributed by atoms with van der Waals surface area (Å²) < 4.78 is 40.7. The van der Waals surface area contributed by atoms with Gasteiger partial charge in [-0.3, -0.25) is 9.69 Å². The number of likely N-dealkylation sites (tertiary alicyclic amines) is 1. The minimum absolute atomic E-state index is 0.207. The van der Waals surface area contributed by atoms with Gasteiger partial charge in [0.1, 0.15) is 5.01 Å². The molecule has 30 heavy (non-hydrogen) atoms. The number of hydrogen-bond donors (Lipinski definition) is 2. The molecule has 5 nitrogen and oxygen atoms in total. The number of thiazole rings is 1. The number of benzene rings is 1. The number of hydrogen-bond acceptors (Lipinski definition) is 5. The second-order valence-corrected chi connectivity index (χ2v) is 8.79. The van der Waals surface area contributed by atoms with Crippen molar-refractivity contribution in [2.75, 3.05) is 13.1 Å². The number of nitrogens with one attached hydrogen (secondary N) is 1. The Balaban J connectivity index is 1.55. The quantitative estimate of drug-likeness (QED) is 0.718. The van der Waals surface area contributed by atoms with Crippen LogP contribution < -0.4 is 5.32 Å². The molecule has 3 rings (SSSR count). The Morgan fingerprint density at radius 1 is 1.30 bits per heavy atom. The van der Waals surface area contributed by atoms with Crippen LogP contribution in [0.2, 0.25) is 0 Å². The fraction of sp³-hybridized carbons (Fsp3) is 0.524. The SMILES string of the molecule is Cc1cccc(CN2CCC(NC(=O)CC(O)(c3nc(C)cs3)C(F)(F)F)CC2)c1. The number of nitrogens with zero attached hydrogens (tertiary/aromatic N) is 2. The highest BCUT2D eigenvalue weighted by Crippen LogP contribution is 2.42. The van der Waals surface area contributed by atoms with Crippen molar-refractivity contribution in [1.29, 1.82) is 0 Å². The van der Waals surface area contributed by atoms with E-state index < -0.39 is 29.1 Å². The third kappa shape index (κ3) is 5.39. The first kappa shape index (κ1) is 22.7. The van der Waals surface area contributed by atoms with Crippen LogP contribution in [0.3, 0.4) is 0 Å². The number of aliphatic hydroxyl groups is 1. The number of amides is 1. The minimum Gasteiger partial charge on any atom is -0.374 e. The molecule has 1 aliphatic heterocycles. The van der Waals surface area contributed by atoms with Crippen LogP contribution in [0.15, 0.2) is 29.6 Å². The monoisotopic (exact) mass is 441 g/mol. The molecule has 2 heterocycles. The maximum Gasteiger partial charge on any atom is 0.424 e. The van der Waals surface area contributed by atoms with E-state index in [4.69, 9.17) is 0 Å². The van der Waals surface area contributed by atoms with Crippen molar-refractivity contribution in [3.8, 4) is 0 Å². The number of aromatic nitrogens is 1. The van der Waals surface area contributed by atoms with Gasteiger partial charge >= 0.3 is 6.18 Å². The Bertz CT molecular complexity index is 878. The highest BCUT2D eigenvalue weighted by Gasteiger charge is 2.58. The van der Waals surface area contributed by atoms with Gasteiger partial charge < -0.3 is 10.4 Å². The molecule has 2 aromatic rings. The Kier molecular flexibility index (Phi) is 6.84. The second kappa shape index (κ2) is 9.03. The number of piperidine rings is 1. The summed E-state index contributed by atoms with van der Waals surface area (Å²) in [6.45, 7) is 5.88. The van der Waals surface area contributed by atoms with E-state index in [-0.39, 0.29) is 6.04 Å². The van der Waals surface area contributed by atoms with Crippen molar-refractivity contribution < 1.29 is 23.1 Å². The second-order valence-electron chi connectivity index (χ2n) is 7.94. The van der Waals surface area contributed by atoms with Gasteiger partial charge in [-0.2, -0.15) is 13.2 Å². The summed E-state index contributed by atoms with van der Waals surface area (Å²) in [4.78, 5) is 18.4. The van der Waals surface area contributed by atoms with Crippen LogP contribution in [-0.2, 0) is 16.9 Å². The van der Waals surface area contributed by atoms with E-state index in [0.717, 1.165) is 19.6 Å². The minimum atomic E-state index is -4.99. The Morgan fingerprint density at radius 3 is 2.57 bits per heavy atom. The van der Waals surface area contributed by atoms with Crippen LogP contribution in [-0.4, -0.2) is 46.2 Å². The van der Waals surface area contributed by atoms with E-state index in [1.165, 1.54) is 16.5 Å². The molecule has 0 aliphatic carbocycles. The molecule has 1 fully saturated rings. The number of alkyl halides is 3. The van der Waals surface area contributed by atoms with Crippen molar-refractivity contribution in [3.63, 3.8) is 0 Å². The van der Waals surface area contributed by atoms with Gasteiger partial charge in [0, 0.05) is 36.8 Å². The highest BCUT2D eigenvalue weighted by molar-refractivity contribution is 7.09. The van der Waals surface area contributed by atoms with E-state index in [1.807, 2.05) is 19.1 Å². The van der Waals surface area contributed by atoms with Gasteiger partial charge in [-0.15, -0.1) is 11.3 Å². The molecule has 0 spiro atoms. The average Bonchev–Trinajstić information content (AvgIpc) is 3.09. The first-order chi connectivity index (χ1) is 14.1. The lowest BCUT2D eigenvalue weighted by molar-refractivity contribution is -0.267. The number of rotatable bonds is 6. The lowest BCUT2D eigenvalue weighted by Crippen LogP contribution is -2.49. The maximum absolute atomic E-state index is 13.6. The van der Waals surface area contributed by atoms with Crippen molar-refractivity contribution in [1.82, 2.24) is 15.2 Å². The first-order valence-corrected chi connectivity index (χ1v) is 10.7. The normalized spacial score (nSPS) is 18.2. The van der Waals surface area contributed by atoms with E-state index in [1.54, 1.807) is 6.92 Å². The number of aryl methyl sites for hydroxylation is 2. The fourth-order valence-corrected chi connectivity index (χ4v) is 4.57. The van der Waals surface area contributed by atoms with Crippen molar-refractivity contribution in [2.45, 2.75) is 57.5 Å². The molecule has 1 aliphatic rings. The molecular formula is C21H26F3N3O2S. The lowest BCUT2D eigenvalue weighted by Gasteiger charge is -2.33. The molecule has 0 saturated carbocycles. The highest BCUT2D eigenvalue weighted by atomic mass is 32.1. The summed E-state index contributed by atoms with van der Waals surface area (Å²) in [7, 11) is 0. The topological polar surface area (TPSA) is 65.5 Å². The van der Waals surface area contributed by atoms with Crippen LogP contribution in [0.4, 0.5) is 13.2 Å². The van der Waals surface area contributed by atoms with E-state index >= 15 is 0 Å². The van der Waals surface area contributed by atoms with Gasteiger partial charge in [-0.05, 0) is 32.3 Å². The van der Waals surface area contributed by atoms with Gasteiger partial charge in [0.25, 0.3) is 0 Å². The van der Waals surface area contributed by atoms with Crippen LogP contribution in [0, 0.1) is 13.8 Å². The lowest BCUT2D eigenvalue weighted by atomic mass is 9.98. The van der Waals surface area contributed by atoms with E-state index in [2.05, 4.69) is 27.3 Å². The summed E-state index contributed by atoms with van der Waals surface area (Å²) in [6.07, 6.45) is -4.78. The summed E-state index contributed by atoms with van der Waals surface area (Å²) in [5.74, 6) is -0.820. The van der Waals surface area contributed by atoms with Crippen LogP contribution in [0.25, 0.3) is 0 Å². The smallest absolute Gasteiger partial charge is 0.374 e. The molecule has 1 saturated heterocycles.